The number of methoxy groups -OCH3 is 2. The van der Waals surface area contributed by atoms with Gasteiger partial charge in [-0.15, -0.1) is 0 Å². The van der Waals surface area contributed by atoms with Crippen molar-refractivity contribution >= 4 is 21.6 Å². The Bertz CT molecular complexity index is 1220. The molecule has 3 aromatic carbocycles. The fourth-order valence-electron chi connectivity index (χ4n) is 3.42. The molecule has 3 aromatic rings. The van der Waals surface area contributed by atoms with Crippen molar-refractivity contribution in [2.75, 3.05) is 31.6 Å². The molecule has 7 nitrogen and oxygen atoms in total. The van der Waals surface area contributed by atoms with E-state index in [0.29, 0.717) is 30.9 Å². The minimum Gasteiger partial charge on any atom is -0.493 e. The molecule has 180 valence electrons. The number of hydrogen-bond donors (Lipinski definition) is 1. The number of nitrogens with zero attached hydrogens (tertiary/aromatic N) is 1. The quantitative estimate of drug-likeness (QED) is 0.417. The number of carbonyl (C=O) groups is 1. The predicted octanol–water partition coefficient (Wildman–Crippen LogP) is 3.79. The van der Waals surface area contributed by atoms with E-state index in [1.165, 1.54) is 30.3 Å². The topological polar surface area (TPSA) is 84.9 Å². The van der Waals surface area contributed by atoms with E-state index in [4.69, 9.17) is 9.47 Å². The van der Waals surface area contributed by atoms with Crippen LogP contribution in [0.1, 0.15) is 12.0 Å². The van der Waals surface area contributed by atoms with E-state index in [9.17, 15) is 17.6 Å². The normalized spacial score (nSPS) is 11.0. The van der Waals surface area contributed by atoms with Crippen LogP contribution in [0.15, 0.2) is 77.7 Å². The molecule has 0 fully saturated rings. The van der Waals surface area contributed by atoms with E-state index < -0.39 is 28.3 Å². The Morgan fingerprint density at radius 1 is 0.941 bits per heavy atom. The van der Waals surface area contributed by atoms with Crippen molar-refractivity contribution in [3.8, 4) is 11.5 Å². The summed E-state index contributed by atoms with van der Waals surface area (Å²) in [5, 5.41) is 2.72. The number of aryl methyl sites for hydroxylation is 1. The lowest BCUT2D eigenvalue weighted by Crippen LogP contribution is -2.41. The number of anilines is 1. The first-order valence-corrected chi connectivity index (χ1v) is 12.1. The summed E-state index contributed by atoms with van der Waals surface area (Å²) < 4.78 is 52.2. The Morgan fingerprint density at radius 2 is 1.62 bits per heavy atom. The zero-order chi connectivity index (χ0) is 24.6. The molecule has 0 aromatic heterocycles. The van der Waals surface area contributed by atoms with Crippen molar-refractivity contribution in [2.24, 2.45) is 0 Å². The van der Waals surface area contributed by atoms with E-state index in [0.717, 1.165) is 15.9 Å². The summed E-state index contributed by atoms with van der Waals surface area (Å²) in [5.74, 6) is -0.0126. The van der Waals surface area contributed by atoms with Crippen LogP contribution >= 0.6 is 0 Å². The summed E-state index contributed by atoms with van der Waals surface area (Å²) in [6.07, 6.45) is 1.28. The van der Waals surface area contributed by atoms with Crippen LogP contribution in [0.4, 0.5) is 10.1 Å². The first-order chi connectivity index (χ1) is 16.4. The number of hydrogen-bond acceptors (Lipinski definition) is 5. The molecule has 0 saturated carbocycles. The lowest BCUT2D eigenvalue weighted by molar-refractivity contribution is -0.119. The van der Waals surface area contributed by atoms with Crippen LogP contribution in [0.3, 0.4) is 0 Å². The maximum Gasteiger partial charge on any atom is 0.264 e. The Morgan fingerprint density at radius 3 is 2.29 bits per heavy atom. The maximum atomic E-state index is 14.5. The molecule has 0 aliphatic heterocycles. The number of halogens is 1. The fourth-order valence-corrected chi connectivity index (χ4v) is 4.87. The van der Waals surface area contributed by atoms with Gasteiger partial charge in [-0.3, -0.25) is 9.10 Å². The fraction of sp³-hybridized carbons (Fsp3) is 0.240. The van der Waals surface area contributed by atoms with Gasteiger partial charge < -0.3 is 14.8 Å². The Hall–Kier alpha value is -3.59. The summed E-state index contributed by atoms with van der Waals surface area (Å²) in [6, 6.07) is 18.7. The summed E-state index contributed by atoms with van der Waals surface area (Å²) in [6.45, 7) is -0.224. The van der Waals surface area contributed by atoms with Crippen LogP contribution in [0.5, 0.6) is 11.5 Å². The lowest BCUT2D eigenvalue weighted by atomic mass is 10.1. The second kappa shape index (κ2) is 11.5. The number of amides is 1. The van der Waals surface area contributed by atoms with Crippen molar-refractivity contribution in [3.05, 3.63) is 84.2 Å². The average Bonchev–Trinajstić information content (AvgIpc) is 2.86. The number of rotatable bonds is 11. The summed E-state index contributed by atoms with van der Waals surface area (Å²) >= 11 is 0. The van der Waals surface area contributed by atoms with Gasteiger partial charge in [0.1, 0.15) is 12.4 Å². The molecule has 0 unspecified atom stereocenters. The molecule has 1 N–H and O–H groups in total. The van der Waals surface area contributed by atoms with Crippen molar-refractivity contribution < 1.29 is 27.1 Å². The smallest absolute Gasteiger partial charge is 0.264 e. The number of benzene rings is 3. The molecule has 0 aliphatic carbocycles. The zero-order valence-electron chi connectivity index (χ0n) is 19.0. The second-order valence-electron chi connectivity index (χ2n) is 7.42. The molecule has 0 heterocycles. The Kier molecular flexibility index (Phi) is 8.48. The van der Waals surface area contributed by atoms with Gasteiger partial charge in [-0.25, -0.2) is 12.8 Å². The van der Waals surface area contributed by atoms with Crippen molar-refractivity contribution in [3.63, 3.8) is 0 Å². The van der Waals surface area contributed by atoms with Gasteiger partial charge in [-0.1, -0.05) is 36.4 Å². The lowest BCUT2D eigenvalue weighted by Gasteiger charge is -2.24. The molecule has 34 heavy (non-hydrogen) atoms. The Balaban J connectivity index is 1.67. The van der Waals surface area contributed by atoms with E-state index in [2.05, 4.69) is 5.32 Å². The highest BCUT2D eigenvalue weighted by atomic mass is 32.2. The monoisotopic (exact) mass is 486 g/mol. The molecule has 1 amide bonds. The highest BCUT2D eigenvalue weighted by Gasteiger charge is 2.28. The van der Waals surface area contributed by atoms with Gasteiger partial charge in [0.15, 0.2) is 11.5 Å². The van der Waals surface area contributed by atoms with Crippen molar-refractivity contribution in [1.82, 2.24) is 5.32 Å². The number of carbonyl (C=O) groups excluding carboxylic acids is 1. The highest BCUT2D eigenvalue weighted by molar-refractivity contribution is 7.92. The average molecular weight is 487 g/mol. The first-order valence-electron chi connectivity index (χ1n) is 10.7. The number of sulfonamides is 1. The Labute approximate surface area is 199 Å². The first kappa shape index (κ1) is 25.0. The summed E-state index contributed by atoms with van der Waals surface area (Å²) in [7, 11) is -1.03. The highest BCUT2D eigenvalue weighted by Crippen LogP contribution is 2.28. The second-order valence-corrected chi connectivity index (χ2v) is 9.28. The minimum atomic E-state index is -4.15. The third-order valence-corrected chi connectivity index (χ3v) is 6.93. The number of ether oxygens (including phenoxy) is 2. The molecule has 0 radical (unpaired) electrons. The van der Waals surface area contributed by atoms with Gasteiger partial charge in [0.2, 0.25) is 5.91 Å². The van der Waals surface area contributed by atoms with Crippen molar-refractivity contribution in [1.29, 1.82) is 0 Å². The molecule has 0 saturated heterocycles. The SMILES string of the molecule is COc1ccc(CCCNC(=O)CN(c2ccccc2F)S(=O)(=O)c2ccccc2)cc1OC. The number of para-hydroxylation sites is 1. The van der Waals surface area contributed by atoms with Gasteiger partial charge in [0, 0.05) is 6.54 Å². The van der Waals surface area contributed by atoms with E-state index in [-0.39, 0.29) is 10.6 Å². The van der Waals surface area contributed by atoms with Gasteiger partial charge in [-0.2, -0.15) is 0 Å². The van der Waals surface area contributed by atoms with E-state index in [1.807, 2.05) is 18.2 Å². The van der Waals surface area contributed by atoms with Crippen LogP contribution in [0.25, 0.3) is 0 Å². The maximum absolute atomic E-state index is 14.5. The van der Waals surface area contributed by atoms with E-state index >= 15 is 0 Å². The van der Waals surface area contributed by atoms with Gasteiger partial charge in [0.05, 0.1) is 24.8 Å². The van der Waals surface area contributed by atoms with Crippen LogP contribution < -0.4 is 19.1 Å². The third kappa shape index (κ3) is 6.05. The van der Waals surface area contributed by atoms with Crippen LogP contribution in [0.2, 0.25) is 0 Å². The molecule has 0 spiro atoms. The molecular formula is C25H27FN2O5S. The summed E-state index contributed by atoms with van der Waals surface area (Å²) in [4.78, 5) is 12.6. The minimum absolute atomic E-state index is 0.0282. The largest absolute Gasteiger partial charge is 0.493 e. The van der Waals surface area contributed by atoms with Crippen LogP contribution in [-0.4, -0.2) is 41.6 Å². The predicted molar refractivity (Wildman–Crippen MR) is 128 cm³/mol. The van der Waals surface area contributed by atoms with Gasteiger partial charge in [0.25, 0.3) is 10.0 Å². The molecular weight excluding hydrogens is 459 g/mol. The van der Waals surface area contributed by atoms with Gasteiger partial charge >= 0.3 is 0 Å². The van der Waals surface area contributed by atoms with Crippen LogP contribution in [-0.2, 0) is 21.2 Å². The third-order valence-electron chi connectivity index (χ3n) is 5.15. The zero-order valence-corrected chi connectivity index (χ0v) is 19.8. The van der Waals surface area contributed by atoms with Gasteiger partial charge in [-0.05, 0) is 54.8 Å². The standard InChI is InChI=1S/C25H27FN2O5S/c1-32-23-15-14-19(17-24(23)33-2)9-8-16-27-25(29)18-28(22-13-7-6-12-21(22)26)34(30,31)20-10-4-3-5-11-20/h3-7,10-15,17H,8-9,16,18H2,1-2H3,(H,27,29). The molecule has 0 bridgehead atoms. The number of nitrogens with one attached hydrogen (secondary N) is 1. The molecule has 0 atom stereocenters. The van der Waals surface area contributed by atoms with Crippen molar-refractivity contribution in [2.45, 2.75) is 17.7 Å². The van der Waals surface area contributed by atoms with Crippen LogP contribution in [0, 0.1) is 5.82 Å². The summed E-state index contributed by atoms with van der Waals surface area (Å²) in [5.41, 5.74) is 0.818. The molecule has 3 rings (SSSR count). The van der Waals surface area contributed by atoms with E-state index in [1.54, 1.807) is 32.4 Å². The molecule has 9 heteroatoms. The molecule has 0 aliphatic rings.